The smallest absolute Gasteiger partial charge is 0.265 e. The van der Waals surface area contributed by atoms with Crippen LogP contribution in [0.1, 0.15) is 31.7 Å². The number of hydrogen-bond donors (Lipinski definition) is 1. The molecule has 0 spiro atoms. The number of benzene rings is 1. The molecule has 1 atom stereocenters. The van der Waals surface area contributed by atoms with Gasteiger partial charge >= 0.3 is 0 Å². The summed E-state index contributed by atoms with van der Waals surface area (Å²) in [7, 11) is 0. The Morgan fingerprint density at radius 3 is 2.89 bits per heavy atom. The van der Waals surface area contributed by atoms with E-state index in [9.17, 15) is 10.1 Å². The molecule has 4 heteroatoms. The van der Waals surface area contributed by atoms with Gasteiger partial charge in [0.2, 0.25) is 0 Å². The highest BCUT2D eigenvalue weighted by Crippen LogP contribution is 2.45. The van der Waals surface area contributed by atoms with Gasteiger partial charge in [-0.05, 0) is 43.9 Å². The molecule has 3 rings (SSSR count). The topological polar surface area (TPSA) is 62.1 Å². The normalized spacial score (nSPS) is 24.0. The van der Waals surface area contributed by atoms with Crippen molar-refractivity contribution < 1.29 is 9.53 Å². The Balaban J connectivity index is 1.99. The number of hydrogen-bond acceptors (Lipinski definition) is 3. The average molecular weight is 242 g/mol. The lowest BCUT2D eigenvalue weighted by molar-refractivity contribution is -0.122. The van der Waals surface area contributed by atoms with Gasteiger partial charge in [-0.2, -0.15) is 5.26 Å². The molecule has 4 nitrogen and oxygen atoms in total. The molecule has 1 amide bonds. The maximum atomic E-state index is 11.5. The molecule has 1 aromatic carbocycles. The summed E-state index contributed by atoms with van der Waals surface area (Å²) in [6, 6.07) is 8.05. The molecule has 0 radical (unpaired) electrons. The minimum atomic E-state index is -0.479. The summed E-state index contributed by atoms with van der Waals surface area (Å²) in [5.41, 5.74) is 1.34. The number of amides is 1. The molecule has 1 unspecified atom stereocenters. The maximum Gasteiger partial charge on any atom is 0.265 e. The summed E-state index contributed by atoms with van der Waals surface area (Å²) in [4.78, 5) is 11.5. The van der Waals surface area contributed by atoms with Gasteiger partial charge in [0.15, 0.2) is 6.10 Å². The molecule has 1 fully saturated rings. The highest BCUT2D eigenvalue weighted by Gasteiger charge is 2.39. The number of rotatable bonds is 1. The molecule has 1 N–H and O–H groups in total. The van der Waals surface area contributed by atoms with Crippen LogP contribution < -0.4 is 10.1 Å². The first-order valence-corrected chi connectivity index (χ1v) is 6.18. The Bertz CT molecular complexity index is 555. The van der Waals surface area contributed by atoms with Crippen LogP contribution in [0.3, 0.4) is 0 Å². The molecular formula is C14H14N2O2. The van der Waals surface area contributed by atoms with E-state index in [1.807, 2.05) is 18.2 Å². The molecule has 0 bridgehead atoms. The molecule has 1 saturated carbocycles. The lowest BCUT2D eigenvalue weighted by Crippen LogP contribution is -2.35. The molecule has 18 heavy (non-hydrogen) atoms. The van der Waals surface area contributed by atoms with Crippen molar-refractivity contribution in [1.82, 2.24) is 0 Å². The molecule has 1 heterocycles. The first kappa shape index (κ1) is 11.1. The van der Waals surface area contributed by atoms with E-state index in [0.29, 0.717) is 11.4 Å². The molecule has 1 aliphatic heterocycles. The highest BCUT2D eigenvalue weighted by atomic mass is 16.5. The van der Waals surface area contributed by atoms with Gasteiger partial charge in [-0.25, -0.2) is 0 Å². The van der Waals surface area contributed by atoms with Gasteiger partial charge in [0.1, 0.15) is 5.75 Å². The Kier molecular flexibility index (Phi) is 2.30. The number of fused-ring (bicyclic) bond motifs is 1. The summed E-state index contributed by atoms with van der Waals surface area (Å²) >= 11 is 0. The zero-order valence-corrected chi connectivity index (χ0v) is 10.2. The number of ether oxygens (including phenoxy) is 1. The van der Waals surface area contributed by atoms with E-state index in [0.717, 1.165) is 24.8 Å². The zero-order chi connectivity index (χ0) is 12.8. The van der Waals surface area contributed by atoms with Crippen LogP contribution in [0.5, 0.6) is 5.75 Å². The summed E-state index contributed by atoms with van der Waals surface area (Å²) < 4.78 is 5.57. The summed E-state index contributed by atoms with van der Waals surface area (Å²) in [5.74, 6) is 0.537. The van der Waals surface area contributed by atoms with Crippen molar-refractivity contribution >= 4 is 11.6 Å². The van der Waals surface area contributed by atoms with Crippen LogP contribution in [0.25, 0.3) is 0 Å². The molecule has 92 valence electrons. The molecule has 2 aliphatic rings. The summed E-state index contributed by atoms with van der Waals surface area (Å²) in [6.45, 7) is 1.72. The average Bonchev–Trinajstić information content (AvgIpc) is 2.30. The van der Waals surface area contributed by atoms with E-state index < -0.39 is 6.10 Å². The van der Waals surface area contributed by atoms with Gasteiger partial charge in [0.25, 0.3) is 5.91 Å². The predicted octanol–water partition coefficient (Wildman–Crippen LogP) is 2.35. The van der Waals surface area contributed by atoms with Crippen molar-refractivity contribution in [2.45, 2.75) is 37.7 Å². The van der Waals surface area contributed by atoms with Gasteiger partial charge in [0, 0.05) is 0 Å². The fourth-order valence-corrected chi connectivity index (χ4v) is 2.49. The number of nitrogens with zero attached hydrogens (tertiary/aromatic N) is 1. The number of nitrogens with one attached hydrogen (secondary N) is 1. The number of anilines is 1. The van der Waals surface area contributed by atoms with Crippen molar-refractivity contribution in [2.75, 3.05) is 5.32 Å². The van der Waals surface area contributed by atoms with Crippen LogP contribution in [0.2, 0.25) is 0 Å². The largest absolute Gasteiger partial charge is 0.479 e. The fraction of sp³-hybridized carbons (Fsp3) is 0.429. The van der Waals surface area contributed by atoms with Crippen molar-refractivity contribution in [1.29, 1.82) is 5.26 Å². The summed E-state index contributed by atoms with van der Waals surface area (Å²) in [6.07, 6.45) is 2.43. The first-order chi connectivity index (χ1) is 8.64. The van der Waals surface area contributed by atoms with Crippen molar-refractivity contribution in [2.24, 2.45) is 0 Å². The molecular weight excluding hydrogens is 228 g/mol. The Morgan fingerprint density at radius 2 is 2.28 bits per heavy atom. The SMILES string of the molecule is CC1Oc2cc(C3(C#N)CCC3)ccc2NC1=O. The van der Waals surface area contributed by atoms with Crippen LogP contribution in [-0.2, 0) is 10.2 Å². The van der Waals surface area contributed by atoms with E-state index in [2.05, 4.69) is 11.4 Å². The maximum absolute atomic E-state index is 11.5. The van der Waals surface area contributed by atoms with E-state index in [1.54, 1.807) is 6.92 Å². The number of carbonyl (C=O) groups excluding carboxylic acids is 1. The monoisotopic (exact) mass is 242 g/mol. The fourth-order valence-electron chi connectivity index (χ4n) is 2.49. The van der Waals surface area contributed by atoms with Crippen LogP contribution >= 0.6 is 0 Å². The van der Waals surface area contributed by atoms with Crippen molar-refractivity contribution in [3.8, 4) is 11.8 Å². The highest BCUT2D eigenvalue weighted by molar-refractivity contribution is 5.97. The predicted molar refractivity (Wildman–Crippen MR) is 66.3 cm³/mol. The van der Waals surface area contributed by atoms with Crippen LogP contribution in [0, 0.1) is 11.3 Å². The Morgan fingerprint density at radius 1 is 1.50 bits per heavy atom. The first-order valence-electron chi connectivity index (χ1n) is 6.18. The molecule has 1 aromatic rings. The minimum absolute atomic E-state index is 0.131. The van der Waals surface area contributed by atoms with Gasteiger partial charge < -0.3 is 10.1 Å². The molecule has 0 aromatic heterocycles. The second kappa shape index (κ2) is 3.74. The van der Waals surface area contributed by atoms with Gasteiger partial charge in [-0.3, -0.25) is 4.79 Å². The third kappa shape index (κ3) is 1.47. The van der Waals surface area contributed by atoms with Gasteiger partial charge in [-0.15, -0.1) is 0 Å². The second-order valence-electron chi connectivity index (χ2n) is 5.01. The molecule has 1 aliphatic carbocycles. The van der Waals surface area contributed by atoms with Crippen LogP contribution in [-0.4, -0.2) is 12.0 Å². The van der Waals surface area contributed by atoms with Crippen molar-refractivity contribution in [3.63, 3.8) is 0 Å². The van der Waals surface area contributed by atoms with E-state index in [-0.39, 0.29) is 11.3 Å². The van der Waals surface area contributed by atoms with Crippen LogP contribution in [0.4, 0.5) is 5.69 Å². The number of carbonyl (C=O) groups is 1. The van der Waals surface area contributed by atoms with Gasteiger partial charge in [-0.1, -0.05) is 6.07 Å². The lowest BCUT2D eigenvalue weighted by Gasteiger charge is -2.36. The molecule has 0 saturated heterocycles. The number of nitriles is 1. The van der Waals surface area contributed by atoms with E-state index in [1.165, 1.54) is 0 Å². The minimum Gasteiger partial charge on any atom is -0.479 e. The lowest BCUT2D eigenvalue weighted by atomic mass is 9.65. The third-order valence-corrected chi connectivity index (χ3v) is 3.89. The van der Waals surface area contributed by atoms with Crippen molar-refractivity contribution in [3.05, 3.63) is 23.8 Å². The van der Waals surface area contributed by atoms with E-state index in [4.69, 9.17) is 4.74 Å². The summed E-state index contributed by atoms with van der Waals surface area (Å²) in [5, 5.41) is 12.1. The Hall–Kier alpha value is -2.02. The third-order valence-electron chi connectivity index (χ3n) is 3.89. The van der Waals surface area contributed by atoms with Crippen LogP contribution in [0.15, 0.2) is 18.2 Å². The van der Waals surface area contributed by atoms with E-state index >= 15 is 0 Å². The standard InChI is InChI=1S/C14H14N2O2/c1-9-13(17)16-11-4-3-10(7-12(11)18-9)14(8-15)5-2-6-14/h3-4,7,9H,2,5-6H2,1H3,(H,16,17). The van der Waals surface area contributed by atoms with Gasteiger partial charge in [0.05, 0.1) is 17.2 Å². The zero-order valence-electron chi connectivity index (χ0n) is 10.2. The Labute approximate surface area is 106 Å². The quantitative estimate of drug-likeness (QED) is 0.822. The second-order valence-corrected chi connectivity index (χ2v) is 5.01.